The average molecular weight is 458 g/mol. The Kier molecular flexibility index (Phi) is 6.34. The number of hydrogen-bond donors (Lipinski definition) is 0. The summed E-state index contributed by atoms with van der Waals surface area (Å²) in [6, 6.07) is 24.1. The molecule has 0 radical (unpaired) electrons. The molecule has 6 heteroatoms. The van der Waals surface area contributed by atoms with E-state index < -0.39 is 22.0 Å². The quantitative estimate of drug-likeness (QED) is 0.431. The third-order valence-electron chi connectivity index (χ3n) is 5.42. The van der Waals surface area contributed by atoms with Crippen molar-refractivity contribution in [3.05, 3.63) is 107 Å². The average Bonchev–Trinajstić information content (AvgIpc) is 3.24. The van der Waals surface area contributed by atoms with Gasteiger partial charge >= 0.3 is 5.97 Å². The summed E-state index contributed by atoms with van der Waals surface area (Å²) in [6.45, 7) is 1.89. The number of nitrogens with zero attached hydrogens (tertiary/aromatic N) is 1. The minimum Gasteiger partial charge on any atom is -0.467 e. The van der Waals surface area contributed by atoms with Crippen molar-refractivity contribution in [2.45, 2.75) is 24.3 Å². The van der Waals surface area contributed by atoms with Gasteiger partial charge in [0.15, 0.2) is 0 Å². The van der Waals surface area contributed by atoms with Gasteiger partial charge in [-0.2, -0.15) is 0 Å². The third-order valence-corrected chi connectivity index (χ3v) is 7.24. The zero-order chi connectivity index (χ0) is 23.4. The molecule has 0 saturated heterocycles. The van der Waals surface area contributed by atoms with Gasteiger partial charge in [-0.3, -0.25) is 4.31 Å². The number of benzene rings is 3. The molecule has 0 saturated carbocycles. The van der Waals surface area contributed by atoms with Crippen molar-refractivity contribution in [1.29, 1.82) is 0 Å². The Morgan fingerprint density at radius 1 is 0.909 bits per heavy atom. The van der Waals surface area contributed by atoms with Crippen LogP contribution in [0.3, 0.4) is 0 Å². The van der Waals surface area contributed by atoms with E-state index in [4.69, 9.17) is 4.74 Å². The zero-order valence-corrected chi connectivity index (χ0v) is 19.2. The zero-order valence-electron chi connectivity index (χ0n) is 18.4. The number of sulfonamides is 1. The number of aryl methyl sites for hydroxylation is 1. The molecule has 1 heterocycles. The van der Waals surface area contributed by atoms with Crippen LogP contribution >= 0.6 is 0 Å². The molecule has 5 nitrogen and oxygen atoms in total. The molecule has 1 atom stereocenters. The highest BCUT2D eigenvalue weighted by atomic mass is 32.2. The standard InChI is InChI=1S/C27H23NO4S/c1-20-13-17-24(18-14-20)33(30,31)28-25(27(29)32-2)19-23(16-15-21-9-5-3-6-10-21)26(28)22-11-7-4-8-12-22/h3-14,17-18,25H,19H2,1-2H3. The molecule has 1 aliphatic rings. The summed E-state index contributed by atoms with van der Waals surface area (Å²) in [7, 11) is -2.81. The van der Waals surface area contributed by atoms with Gasteiger partial charge in [-0.25, -0.2) is 13.2 Å². The number of carbonyl (C=O) groups is 1. The molecule has 1 unspecified atom stereocenters. The van der Waals surface area contributed by atoms with Crippen LogP contribution < -0.4 is 0 Å². The number of rotatable bonds is 4. The van der Waals surface area contributed by atoms with Gasteiger partial charge in [0.25, 0.3) is 10.0 Å². The van der Waals surface area contributed by atoms with Crippen molar-refractivity contribution < 1.29 is 17.9 Å². The van der Waals surface area contributed by atoms with Gasteiger partial charge < -0.3 is 4.74 Å². The van der Waals surface area contributed by atoms with E-state index in [9.17, 15) is 13.2 Å². The number of methoxy groups -OCH3 is 1. The van der Waals surface area contributed by atoms with E-state index in [-0.39, 0.29) is 11.3 Å². The number of ether oxygens (including phenoxy) is 1. The van der Waals surface area contributed by atoms with Crippen LogP contribution in [0, 0.1) is 18.8 Å². The first-order chi connectivity index (χ1) is 15.9. The van der Waals surface area contributed by atoms with Crippen molar-refractivity contribution in [2.75, 3.05) is 7.11 Å². The van der Waals surface area contributed by atoms with Crippen LogP contribution in [-0.4, -0.2) is 31.8 Å². The first kappa shape index (κ1) is 22.4. The van der Waals surface area contributed by atoms with E-state index in [1.807, 2.05) is 67.6 Å². The molecule has 0 bridgehead atoms. The minimum absolute atomic E-state index is 0.104. The van der Waals surface area contributed by atoms with Crippen molar-refractivity contribution in [3.8, 4) is 11.8 Å². The Bertz CT molecular complexity index is 1350. The van der Waals surface area contributed by atoms with Gasteiger partial charge in [-0.15, -0.1) is 0 Å². The second-order valence-corrected chi connectivity index (χ2v) is 9.48. The molecule has 0 N–H and O–H groups in total. The highest BCUT2D eigenvalue weighted by Gasteiger charge is 2.44. The van der Waals surface area contributed by atoms with Gasteiger partial charge in [0.05, 0.1) is 17.7 Å². The number of esters is 1. The molecular formula is C27H23NO4S. The van der Waals surface area contributed by atoms with E-state index in [1.54, 1.807) is 24.3 Å². The summed E-state index contributed by atoms with van der Waals surface area (Å²) < 4.78 is 33.8. The largest absolute Gasteiger partial charge is 0.467 e. The van der Waals surface area contributed by atoms with E-state index in [0.29, 0.717) is 16.8 Å². The normalized spacial score (nSPS) is 15.7. The lowest BCUT2D eigenvalue weighted by Gasteiger charge is -2.27. The van der Waals surface area contributed by atoms with E-state index in [2.05, 4.69) is 11.8 Å². The third kappa shape index (κ3) is 4.55. The van der Waals surface area contributed by atoms with Crippen LogP contribution in [0.5, 0.6) is 0 Å². The molecule has 0 amide bonds. The summed E-state index contributed by atoms with van der Waals surface area (Å²) in [5, 5.41) is 0. The Hall–Kier alpha value is -3.82. The maximum absolute atomic E-state index is 13.8. The van der Waals surface area contributed by atoms with E-state index in [0.717, 1.165) is 11.1 Å². The summed E-state index contributed by atoms with van der Waals surface area (Å²) in [5.74, 6) is 5.61. The van der Waals surface area contributed by atoms with Crippen molar-refractivity contribution in [3.63, 3.8) is 0 Å². The Labute approximate surface area is 194 Å². The van der Waals surface area contributed by atoms with Crippen LogP contribution in [0.1, 0.15) is 23.1 Å². The van der Waals surface area contributed by atoms with Crippen molar-refractivity contribution >= 4 is 21.7 Å². The predicted molar refractivity (Wildman–Crippen MR) is 127 cm³/mol. The SMILES string of the molecule is COC(=O)C1CC(C#Cc2ccccc2)=C(c2ccccc2)N1S(=O)(=O)c1ccc(C)cc1. The lowest BCUT2D eigenvalue weighted by molar-refractivity contribution is -0.144. The molecule has 33 heavy (non-hydrogen) atoms. The summed E-state index contributed by atoms with van der Waals surface area (Å²) in [4.78, 5) is 12.9. The molecule has 3 aromatic carbocycles. The Morgan fingerprint density at radius 2 is 1.52 bits per heavy atom. The monoisotopic (exact) mass is 457 g/mol. The first-order valence-electron chi connectivity index (χ1n) is 10.5. The number of hydrogen-bond acceptors (Lipinski definition) is 4. The van der Waals surface area contributed by atoms with Gasteiger partial charge in [-0.05, 0) is 36.8 Å². The van der Waals surface area contributed by atoms with Gasteiger partial charge in [0, 0.05) is 17.6 Å². The molecule has 166 valence electrons. The van der Waals surface area contributed by atoms with E-state index >= 15 is 0 Å². The second-order valence-electron chi connectivity index (χ2n) is 7.67. The highest BCUT2D eigenvalue weighted by Crippen LogP contribution is 2.40. The maximum Gasteiger partial charge on any atom is 0.330 e. The van der Waals surface area contributed by atoms with Crippen LogP contribution in [0.4, 0.5) is 0 Å². The molecule has 1 aliphatic heterocycles. The maximum atomic E-state index is 13.8. The minimum atomic E-state index is -4.07. The van der Waals surface area contributed by atoms with Crippen LogP contribution in [0.15, 0.2) is 95.4 Å². The summed E-state index contributed by atoms with van der Waals surface area (Å²) in [5.41, 5.74) is 3.36. The second kappa shape index (κ2) is 9.35. The molecule has 0 spiro atoms. The Morgan fingerprint density at radius 3 is 2.12 bits per heavy atom. The molecule has 3 aromatic rings. The molecular weight excluding hydrogens is 434 g/mol. The van der Waals surface area contributed by atoms with Crippen molar-refractivity contribution in [1.82, 2.24) is 4.31 Å². The topological polar surface area (TPSA) is 63.7 Å². The molecule has 0 aromatic heterocycles. The lowest BCUT2D eigenvalue weighted by Crippen LogP contribution is -2.41. The molecule has 0 aliphatic carbocycles. The molecule has 4 rings (SSSR count). The fourth-order valence-corrected chi connectivity index (χ4v) is 5.42. The van der Waals surface area contributed by atoms with Gasteiger partial charge in [-0.1, -0.05) is 78.1 Å². The van der Waals surface area contributed by atoms with Crippen LogP contribution in [0.2, 0.25) is 0 Å². The van der Waals surface area contributed by atoms with Crippen LogP contribution in [-0.2, 0) is 19.6 Å². The van der Waals surface area contributed by atoms with E-state index in [1.165, 1.54) is 11.4 Å². The number of carbonyl (C=O) groups excluding carboxylic acids is 1. The molecule has 0 fully saturated rings. The fraction of sp³-hybridized carbons (Fsp3) is 0.148. The highest BCUT2D eigenvalue weighted by molar-refractivity contribution is 7.89. The summed E-state index contributed by atoms with van der Waals surface area (Å²) in [6.07, 6.45) is 0.127. The van der Waals surface area contributed by atoms with Gasteiger partial charge in [0.1, 0.15) is 6.04 Å². The Balaban J connectivity index is 1.93. The predicted octanol–water partition coefficient (Wildman–Crippen LogP) is 4.39. The van der Waals surface area contributed by atoms with Crippen molar-refractivity contribution in [2.24, 2.45) is 0 Å². The first-order valence-corrected chi connectivity index (χ1v) is 11.9. The summed E-state index contributed by atoms with van der Waals surface area (Å²) >= 11 is 0. The smallest absolute Gasteiger partial charge is 0.330 e. The van der Waals surface area contributed by atoms with Crippen LogP contribution in [0.25, 0.3) is 5.70 Å². The fourth-order valence-electron chi connectivity index (χ4n) is 3.77. The van der Waals surface area contributed by atoms with Gasteiger partial charge in [0.2, 0.25) is 0 Å². The lowest BCUT2D eigenvalue weighted by atomic mass is 10.1.